The summed E-state index contributed by atoms with van der Waals surface area (Å²) in [6.07, 6.45) is 1.66. The Morgan fingerprint density at radius 1 is 1.07 bits per heavy atom. The quantitative estimate of drug-likeness (QED) is 0.543. The molecule has 0 saturated heterocycles. The normalized spacial score (nSPS) is 11.7. The van der Waals surface area contributed by atoms with Crippen LogP contribution in [0.3, 0.4) is 0 Å². The van der Waals surface area contributed by atoms with Crippen molar-refractivity contribution in [3.8, 4) is 11.8 Å². The van der Waals surface area contributed by atoms with E-state index in [4.69, 9.17) is 4.74 Å². The monoisotopic (exact) mass is 367 g/mol. The number of nitrogens with one attached hydrogen (secondary N) is 1. The molecule has 1 N–H and O–H groups in total. The molecule has 0 saturated carbocycles. The number of pyridine rings is 1. The van der Waals surface area contributed by atoms with E-state index in [0.717, 1.165) is 16.2 Å². The summed E-state index contributed by atoms with van der Waals surface area (Å²) in [6, 6.07) is 21.9. The third-order valence-electron chi connectivity index (χ3n) is 4.71. The average Bonchev–Trinajstić information content (AvgIpc) is 2.76. The van der Waals surface area contributed by atoms with Gasteiger partial charge in [0.15, 0.2) is 0 Å². The number of carbonyl (C=O) groups excluding carboxylic acids is 1. The highest BCUT2D eigenvalue weighted by Crippen LogP contribution is 2.29. The topological polar surface area (TPSA) is 75.0 Å². The van der Waals surface area contributed by atoms with Crippen molar-refractivity contribution in [2.75, 3.05) is 7.11 Å². The predicted octanol–water partition coefficient (Wildman–Crippen LogP) is 4.39. The first kappa shape index (κ1) is 17.5. The van der Waals surface area contributed by atoms with Gasteiger partial charge in [-0.25, -0.2) is 0 Å². The Morgan fingerprint density at radius 2 is 1.82 bits per heavy atom. The Kier molecular flexibility index (Phi) is 4.61. The number of benzene rings is 3. The van der Waals surface area contributed by atoms with Gasteiger partial charge in [-0.05, 0) is 29.0 Å². The molecule has 4 aromatic rings. The number of nitrogens with zero attached hydrogens (tertiary/aromatic N) is 2. The lowest BCUT2D eigenvalue weighted by Crippen LogP contribution is -2.28. The highest BCUT2D eigenvalue weighted by atomic mass is 16.5. The lowest BCUT2D eigenvalue weighted by atomic mass is 9.99. The summed E-state index contributed by atoms with van der Waals surface area (Å²) in [5, 5.41) is 15.3. The zero-order chi connectivity index (χ0) is 19.5. The summed E-state index contributed by atoms with van der Waals surface area (Å²) in [7, 11) is 1.54. The third kappa shape index (κ3) is 3.01. The predicted molar refractivity (Wildman–Crippen MR) is 108 cm³/mol. The minimum absolute atomic E-state index is 0.355. The summed E-state index contributed by atoms with van der Waals surface area (Å²) < 4.78 is 5.33. The van der Waals surface area contributed by atoms with Crippen LogP contribution >= 0.6 is 0 Å². The van der Waals surface area contributed by atoms with E-state index in [1.54, 1.807) is 24.4 Å². The van der Waals surface area contributed by atoms with Crippen LogP contribution in [0.2, 0.25) is 0 Å². The van der Waals surface area contributed by atoms with Crippen LogP contribution in [-0.4, -0.2) is 18.0 Å². The lowest BCUT2D eigenvalue weighted by molar-refractivity contribution is 0.0946. The number of methoxy groups -OCH3 is 1. The largest absolute Gasteiger partial charge is 0.496 e. The Bertz CT molecular complexity index is 1230. The highest BCUT2D eigenvalue weighted by molar-refractivity contribution is 6.15. The van der Waals surface area contributed by atoms with Crippen molar-refractivity contribution in [3.63, 3.8) is 0 Å². The fourth-order valence-corrected chi connectivity index (χ4v) is 3.40. The first-order chi connectivity index (χ1) is 13.7. The van der Waals surface area contributed by atoms with Gasteiger partial charge in [-0.1, -0.05) is 48.5 Å². The minimum atomic E-state index is -0.839. The first-order valence-corrected chi connectivity index (χ1v) is 8.83. The maximum Gasteiger partial charge on any atom is 0.254 e. The molecule has 1 aromatic heterocycles. The third-order valence-corrected chi connectivity index (χ3v) is 4.71. The Hall–Kier alpha value is -3.91. The van der Waals surface area contributed by atoms with Crippen molar-refractivity contribution in [1.82, 2.24) is 10.3 Å². The molecular formula is C23H17N3O2. The van der Waals surface area contributed by atoms with Gasteiger partial charge in [-0.15, -0.1) is 0 Å². The van der Waals surface area contributed by atoms with E-state index in [2.05, 4.69) is 16.4 Å². The fourth-order valence-electron chi connectivity index (χ4n) is 3.40. The van der Waals surface area contributed by atoms with Gasteiger partial charge in [0.05, 0.1) is 24.3 Å². The van der Waals surface area contributed by atoms with Crippen molar-refractivity contribution < 1.29 is 9.53 Å². The molecule has 0 aliphatic heterocycles. The Labute approximate surface area is 162 Å². The van der Waals surface area contributed by atoms with Crippen molar-refractivity contribution in [3.05, 3.63) is 84.1 Å². The molecule has 0 spiro atoms. The molecule has 5 heteroatoms. The van der Waals surface area contributed by atoms with Crippen LogP contribution in [0.5, 0.6) is 5.75 Å². The average molecular weight is 367 g/mol. The SMILES string of the molecule is COc1ccccc1C(C#N)NC(=O)c1cc2ccccc2c2cccnc12. The van der Waals surface area contributed by atoms with Crippen LogP contribution in [-0.2, 0) is 0 Å². The van der Waals surface area contributed by atoms with Crippen LogP contribution in [0, 0.1) is 11.3 Å². The van der Waals surface area contributed by atoms with Crippen LogP contribution in [0.1, 0.15) is 22.0 Å². The Balaban J connectivity index is 1.79. The summed E-state index contributed by atoms with van der Waals surface area (Å²) in [6.45, 7) is 0. The van der Waals surface area contributed by atoms with E-state index in [1.165, 1.54) is 7.11 Å². The molecular weight excluding hydrogens is 350 g/mol. The smallest absolute Gasteiger partial charge is 0.254 e. The lowest BCUT2D eigenvalue weighted by Gasteiger charge is -2.16. The number of hydrogen-bond acceptors (Lipinski definition) is 4. The van der Waals surface area contributed by atoms with Crippen molar-refractivity contribution in [2.45, 2.75) is 6.04 Å². The molecule has 0 radical (unpaired) electrons. The van der Waals surface area contributed by atoms with E-state index in [0.29, 0.717) is 22.4 Å². The summed E-state index contributed by atoms with van der Waals surface area (Å²) in [4.78, 5) is 17.5. The molecule has 136 valence electrons. The van der Waals surface area contributed by atoms with Gasteiger partial charge in [0, 0.05) is 17.1 Å². The molecule has 0 bridgehead atoms. The molecule has 0 aliphatic carbocycles. The van der Waals surface area contributed by atoms with Crippen LogP contribution in [0.25, 0.3) is 21.7 Å². The molecule has 4 rings (SSSR count). The second-order valence-corrected chi connectivity index (χ2v) is 6.32. The number of fused-ring (bicyclic) bond motifs is 3. The number of carbonyl (C=O) groups is 1. The van der Waals surface area contributed by atoms with Crippen molar-refractivity contribution in [1.29, 1.82) is 5.26 Å². The Morgan fingerprint density at radius 3 is 2.64 bits per heavy atom. The fraction of sp³-hybridized carbons (Fsp3) is 0.0870. The first-order valence-electron chi connectivity index (χ1n) is 8.83. The number of rotatable bonds is 4. The van der Waals surface area contributed by atoms with E-state index in [9.17, 15) is 10.1 Å². The highest BCUT2D eigenvalue weighted by Gasteiger charge is 2.21. The second kappa shape index (κ2) is 7.37. The summed E-state index contributed by atoms with van der Waals surface area (Å²) >= 11 is 0. The standard InChI is InChI=1S/C23H17N3O2/c1-28-21-11-5-4-9-18(21)20(14-24)26-23(27)19-13-15-7-2-3-8-16(15)17-10-6-12-25-22(17)19/h2-13,20H,1H3,(H,26,27). The number of amides is 1. The molecule has 0 aliphatic rings. The second-order valence-electron chi connectivity index (χ2n) is 6.32. The van der Waals surface area contributed by atoms with E-state index in [-0.39, 0.29) is 5.91 Å². The van der Waals surface area contributed by atoms with Crippen LogP contribution in [0.15, 0.2) is 72.9 Å². The molecule has 5 nitrogen and oxygen atoms in total. The van der Waals surface area contributed by atoms with Gasteiger partial charge >= 0.3 is 0 Å². The van der Waals surface area contributed by atoms with E-state index < -0.39 is 6.04 Å². The molecule has 1 unspecified atom stereocenters. The summed E-state index contributed by atoms with van der Waals surface area (Å²) in [5.74, 6) is 0.197. The van der Waals surface area contributed by atoms with Crippen LogP contribution < -0.4 is 10.1 Å². The molecule has 1 atom stereocenters. The number of nitriles is 1. The summed E-state index contributed by atoms with van der Waals surface area (Å²) in [5.41, 5.74) is 1.65. The van der Waals surface area contributed by atoms with Crippen molar-refractivity contribution in [2.24, 2.45) is 0 Å². The van der Waals surface area contributed by atoms with Crippen molar-refractivity contribution >= 4 is 27.6 Å². The minimum Gasteiger partial charge on any atom is -0.496 e. The molecule has 1 amide bonds. The number of ether oxygens (including phenoxy) is 1. The van der Waals surface area contributed by atoms with Crippen LogP contribution in [0.4, 0.5) is 0 Å². The van der Waals surface area contributed by atoms with Gasteiger partial charge in [0.1, 0.15) is 11.8 Å². The van der Waals surface area contributed by atoms with Gasteiger partial charge < -0.3 is 10.1 Å². The van der Waals surface area contributed by atoms with E-state index >= 15 is 0 Å². The van der Waals surface area contributed by atoms with Gasteiger partial charge in [-0.2, -0.15) is 5.26 Å². The molecule has 28 heavy (non-hydrogen) atoms. The zero-order valence-corrected chi connectivity index (χ0v) is 15.2. The van der Waals surface area contributed by atoms with Gasteiger partial charge in [0.25, 0.3) is 5.91 Å². The van der Waals surface area contributed by atoms with E-state index in [1.807, 2.05) is 48.5 Å². The zero-order valence-electron chi connectivity index (χ0n) is 15.2. The molecule has 3 aromatic carbocycles. The number of para-hydroxylation sites is 1. The molecule has 1 heterocycles. The maximum atomic E-state index is 13.1. The van der Waals surface area contributed by atoms with Gasteiger partial charge in [0.2, 0.25) is 0 Å². The maximum absolute atomic E-state index is 13.1. The number of hydrogen-bond donors (Lipinski definition) is 1. The van der Waals surface area contributed by atoms with Gasteiger partial charge in [-0.3, -0.25) is 9.78 Å². The molecule has 0 fully saturated rings. The number of aromatic nitrogens is 1.